The molecule has 0 aliphatic carbocycles. The molecule has 1 amide bonds. The van der Waals surface area contributed by atoms with E-state index in [1.54, 1.807) is 22.9 Å². The van der Waals surface area contributed by atoms with Gasteiger partial charge in [0.2, 0.25) is 5.91 Å². The third-order valence-electron chi connectivity index (χ3n) is 8.47. The van der Waals surface area contributed by atoms with E-state index in [-0.39, 0.29) is 5.91 Å². The number of aromatic nitrogens is 2. The number of carbonyl (C=O) groups is 1. The van der Waals surface area contributed by atoms with E-state index in [0.717, 1.165) is 29.7 Å². The lowest BCUT2D eigenvalue weighted by Crippen LogP contribution is -2.33. The molecule has 254 valence electrons. The lowest BCUT2D eigenvalue weighted by atomic mass is 10.0. The standard InChI is InChI=1S/C37H53Cl3N4O2/c1-3-4-5-6-7-8-9-10-11-12-13-14-15-16-17-18-34(45)41-25-26-42-37(46)35-28(2)36(29-19-21-30(38)22-20-29)44(43-35)33-24-23-31(39)27-32(33)40/h19-24,27,37,42,46H,3-18,25-26H2,1-2H3,(H,41,45). The molecule has 6 nitrogen and oxygen atoms in total. The molecule has 0 aliphatic heterocycles. The first kappa shape index (κ1) is 38.4. The van der Waals surface area contributed by atoms with E-state index in [0.29, 0.717) is 46.0 Å². The van der Waals surface area contributed by atoms with E-state index in [2.05, 4.69) is 17.6 Å². The molecule has 2 aromatic carbocycles. The van der Waals surface area contributed by atoms with Crippen LogP contribution in [0.3, 0.4) is 0 Å². The van der Waals surface area contributed by atoms with Crippen LogP contribution < -0.4 is 10.6 Å². The van der Waals surface area contributed by atoms with Gasteiger partial charge in [-0.3, -0.25) is 10.1 Å². The summed E-state index contributed by atoms with van der Waals surface area (Å²) in [6.07, 6.45) is 19.1. The number of amides is 1. The Balaban J connectivity index is 1.34. The Morgan fingerprint density at radius 1 is 0.783 bits per heavy atom. The van der Waals surface area contributed by atoms with E-state index in [9.17, 15) is 9.90 Å². The van der Waals surface area contributed by atoms with Crippen LogP contribution in [0.15, 0.2) is 42.5 Å². The van der Waals surface area contributed by atoms with Crippen LogP contribution in [0.5, 0.6) is 0 Å². The first-order valence-corrected chi connectivity index (χ1v) is 18.4. The highest BCUT2D eigenvalue weighted by Crippen LogP contribution is 2.34. The van der Waals surface area contributed by atoms with Gasteiger partial charge in [-0.1, -0.05) is 144 Å². The maximum atomic E-state index is 12.3. The maximum Gasteiger partial charge on any atom is 0.220 e. The summed E-state index contributed by atoms with van der Waals surface area (Å²) >= 11 is 18.8. The van der Waals surface area contributed by atoms with Crippen molar-refractivity contribution in [2.75, 3.05) is 13.1 Å². The molecule has 3 N–H and O–H groups in total. The Kier molecular flexibility index (Phi) is 18.1. The number of rotatable bonds is 23. The van der Waals surface area contributed by atoms with Gasteiger partial charge in [-0.15, -0.1) is 0 Å². The van der Waals surface area contributed by atoms with Crippen molar-refractivity contribution in [2.24, 2.45) is 0 Å². The van der Waals surface area contributed by atoms with E-state index in [1.807, 2.05) is 31.2 Å². The van der Waals surface area contributed by atoms with Crippen LogP contribution in [-0.4, -0.2) is 33.9 Å². The topological polar surface area (TPSA) is 79.2 Å². The molecule has 1 atom stereocenters. The zero-order valence-electron chi connectivity index (χ0n) is 27.7. The van der Waals surface area contributed by atoms with Gasteiger partial charge in [0.25, 0.3) is 0 Å². The predicted molar refractivity (Wildman–Crippen MR) is 194 cm³/mol. The zero-order valence-corrected chi connectivity index (χ0v) is 30.0. The molecular formula is C37H53Cl3N4O2. The van der Waals surface area contributed by atoms with Crippen LogP contribution in [0.2, 0.25) is 15.1 Å². The van der Waals surface area contributed by atoms with Crippen LogP contribution in [0.4, 0.5) is 0 Å². The fourth-order valence-electron chi connectivity index (χ4n) is 5.80. The number of unbranched alkanes of at least 4 members (excludes halogenated alkanes) is 14. The number of hydrogen-bond acceptors (Lipinski definition) is 4. The number of hydrogen-bond donors (Lipinski definition) is 3. The number of aliphatic hydroxyl groups excluding tert-OH is 1. The maximum absolute atomic E-state index is 12.3. The summed E-state index contributed by atoms with van der Waals surface area (Å²) in [6, 6.07) is 12.7. The van der Waals surface area contributed by atoms with E-state index in [1.165, 1.54) is 83.5 Å². The molecule has 3 aromatic rings. The van der Waals surface area contributed by atoms with Crippen molar-refractivity contribution in [1.82, 2.24) is 20.4 Å². The highest BCUT2D eigenvalue weighted by atomic mass is 35.5. The monoisotopic (exact) mass is 690 g/mol. The summed E-state index contributed by atoms with van der Waals surface area (Å²) in [4.78, 5) is 12.3. The molecule has 0 aliphatic rings. The van der Waals surface area contributed by atoms with Gasteiger partial charge in [-0.2, -0.15) is 5.10 Å². The summed E-state index contributed by atoms with van der Waals surface area (Å²) in [7, 11) is 0. The van der Waals surface area contributed by atoms with Crippen LogP contribution in [0.1, 0.15) is 127 Å². The third-order valence-corrected chi connectivity index (χ3v) is 9.26. The molecule has 0 fully saturated rings. The van der Waals surface area contributed by atoms with Crippen LogP contribution in [0.25, 0.3) is 16.9 Å². The van der Waals surface area contributed by atoms with Crippen molar-refractivity contribution in [2.45, 2.75) is 123 Å². The minimum Gasteiger partial charge on any atom is -0.373 e. The second-order valence-corrected chi connectivity index (χ2v) is 13.6. The normalized spacial score (nSPS) is 12.0. The van der Waals surface area contributed by atoms with Gasteiger partial charge in [0, 0.05) is 40.7 Å². The molecule has 0 bridgehead atoms. The van der Waals surface area contributed by atoms with Crippen molar-refractivity contribution < 1.29 is 9.90 Å². The Morgan fingerprint density at radius 2 is 1.33 bits per heavy atom. The molecular weight excluding hydrogens is 639 g/mol. The minimum absolute atomic E-state index is 0.0499. The first-order chi connectivity index (χ1) is 22.3. The van der Waals surface area contributed by atoms with E-state index < -0.39 is 6.23 Å². The van der Waals surface area contributed by atoms with Gasteiger partial charge < -0.3 is 10.4 Å². The van der Waals surface area contributed by atoms with E-state index in [4.69, 9.17) is 39.9 Å². The molecule has 0 radical (unpaired) electrons. The smallest absolute Gasteiger partial charge is 0.220 e. The summed E-state index contributed by atoms with van der Waals surface area (Å²) in [6.45, 7) is 5.00. The van der Waals surface area contributed by atoms with Crippen LogP contribution >= 0.6 is 34.8 Å². The summed E-state index contributed by atoms with van der Waals surface area (Å²) in [5.74, 6) is 0.0499. The van der Waals surface area contributed by atoms with Gasteiger partial charge in [-0.25, -0.2) is 4.68 Å². The molecule has 0 saturated carbocycles. The zero-order chi connectivity index (χ0) is 33.1. The van der Waals surface area contributed by atoms with Gasteiger partial charge in [0.05, 0.1) is 16.4 Å². The summed E-state index contributed by atoms with van der Waals surface area (Å²) < 4.78 is 1.72. The number of halogens is 3. The van der Waals surface area contributed by atoms with Gasteiger partial charge in [0.1, 0.15) is 11.9 Å². The van der Waals surface area contributed by atoms with Crippen molar-refractivity contribution >= 4 is 40.7 Å². The van der Waals surface area contributed by atoms with Crippen molar-refractivity contribution in [3.63, 3.8) is 0 Å². The van der Waals surface area contributed by atoms with Gasteiger partial charge >= 0.3 is 0 Å². The fourth-order valence-corrected chi connectivity index (χ4v) is 6.41. The Labute approximate surface area is 291 Å². The highest BCUT2D eigenvalue weighted by Gasteiger charge is 2.23. The van der Waals surface area contributed by atoms with Gasteiger partial charge in [-0.05, 0) is 43.7 Å². The van der Waals surface area contributed by atoms with Crippen molar-refractivity contribution in [1.29, 1.82) is 0 Å². The van der Waals surface area contributed by atoms with Crippen molar-refractivity contribution in [3.8, 4) is 16.9 Å². The highest BCUT2D eigenvalue weighted by molar-refractivity contribution is 6.35. The number of nitrogens with one attached hydrogen (secondary N) is 2. The molecule has 46 heavy (non-hydrogen) atoms. The minimum atomic E-state index is -1.04. The number of nitrogens with zero attached hydrogens (tertiary/aromatic N) is 2. The molecule has 9 heteroatoms. The second-order valence-electron chi connectivity index (χ2n) is 12.3. The Hall–Kier alpha value is -2.09. The molecule has 0 saturated heterocycles. The average molecular weight is 692 g/mol. The number of benzene rings is 2. The van der Waals surface area contributed by atoms with Crippen LogP contribution in [0, 0.1) is 6.92 Å². The molecule has 1 aromatic heterocycles. The quantitative estimate of drug-likeness (QED) is 0.0683. The summed E-state index contributed by atoms with van der Waals surface area (Å²) in [5, 5.41) is 23.4. The Morgan fingerprint density at radius 3 is 1.89 bits per heavy atom. The fraction of sp³-hybridized carbons (Fsp3) is 0.568. The largest absolute Gasteiger partial charge is 0.373 e. The molecule has 0 spiro atoms. The lowest BCUT2D eigenvalue weighted by molar-refractivity contribution is -0.121. The lowest BCUT2D eigenvalue weighted by Gasteiger charge is -2.12. The molecule has 1 unspecified atom stereocenters. The average Bonchev–Trinajstić information content (AvgIpc) is 3.38. The second kappa shape index (κ2) is 21.7. The SMILES string of the molecule is CCCCCCCCCCCCCCCCCC(=O)NCCNC(O)c1nn(-c2ccc(Cl)cc2Cl)c(-c2ccc(Cl)cc2)c1C. The van der Waals surface area contributed by atoms with Gasteiger partial charge in [0.15, 0.2) is 0 Å². The number of aliphatic hydroxyl groups is 1. The Bertz CT molecular complexity index is 1310. The predicted octanol–water partition coefficient (Wildman–Crippen LogP) is 10.8. The van der Waals surface area contributed by atoms with E-state index >= 15 is 0 Å². The molecule has 3 rings (SSSR count). The van der Waals surface area contributed by atoms with Crippen molar-refractivity contribution in [3.05, 3.63) is 68.8 Å². The number of carbonyl (C=O) groups excluding carboxylic acids is 1. The summed E-state index contributed by atoms with van der Waals surface area (Å²) in [5.41, 5.74) is 3.58. The third kappa shape index (κ3) is 13.2. The van der Waals surface area contributed by atoms with Crippen LogP contribution in [-0.2, 0) is 4.79 Å². The molecule has 1 heterocycles. The first-order valence-electron chi connectivity index (χ1n) is 17.3.